The Labute approximate surface area is 165 Å². The van der Waals surface area contributed by atoms with Crippen LogP contribution in [0.15, 0.2) is 58.4 Å². The fourth-order valence-corrected chi connectivity index (χ4v) is 3.90. The van der Waals surface area contributed by atoms with Crippen LogP contribution in [0.2, 0.25) is 0 Å². The number of guanidine groups is 1. The normalized spacial score (nSPS) is 14.7. The van der Waals surface area contributed by atoms with Gasteiger partial charge in [0.25, 0.3) is 0 Å². The average Bonchev–Trinajstić information content (AvgIpc) is 3.49. The minimum Gasteiger partial charge on any atom is -0.357 e. The summed E-state index contributed by atoms with van der Waals surface area (Å²) in [6.45, 7) is 3.32. The first-order valence-electron chi connectivity index (χ1n) is 9.35. The second kappa shape index (κ2) is 9.16. The molecule has 1 aliphatic carbocycles. The zero-order valence-corrected chi connectivity index (χ0v) is 16.6. The minimum absolute atomic E-state index is 0.0810. The lowest BCUT2D eigenvalue weighted by molar-refractivity contribution is 0.581. The summed E-state index contributed by atoms with van der Waals surface area (Å²) in [4.78, 5) is 4.75. The molecule has 1 aliphatic rings. The fourth-order valence-electron chi connectivity index (χ4n) is 2.60. The lowest BCUT2D eigenvalue weighted by atomic mass is 10.2. The van der Waals surface area contributed by atoms with Crippen molar-refractivity contribution in [3.63, 3.8) is 0 Å². The number of nitrogens with one attached hydrogen (secondary N) is 3. The van der Waals surface area contributed by atoms with Crippen LogP contribution in [-0.4, -0.2) is 27.0 Å². The summed E-state index contributed by atoms with van der Waals surface area (Å²) in [6, 6.07) is 13.4. The number of aliphatic imine (C=N–C) groups is 1. The molecule has 3 rings (SSSR count). The third-order valence-corrected chi connectivity index (χ3v) is 5.84. The molecule has 0 aromatic heterocycles. The number of benzene rings is 2. The van der Waals surface area contributed by atoms with Crippen LogP contribution in [-0.2, 0) is 23.1 Å². The maximum Gasteiger partial charge on any atom is 0.240 e. The number of rotatable bonds is 8. The van der Waals surface area contributed by atoms with Gasteiger partial charge >= 0.3 is 0 Å². The topological polar surface area (TPSA) is 82.6 Å². The standard InChI is InChI=1S/C20H25FN4O2S/c1-2-22-20(24-14-16-5-3-4-6-19(16)21)23-13-15-7-11-18(12-8-15)28(26,27)25-17-9-10-17/h3-8,11-12,17,25H,2,9-10,13-14H2,1H3,(H2,22,23,24). The molecule has 1 saturated carbocycles. The van der Waals surface area contributed by atoms with E-state index in [1.54, 1.807) is 42.5 Å². The second-order valence-corrected chi connectivity index (χ2v) is 8.39. The van der Waals surface area contributed by atoms with Crippen LogP contribution < -0.4 is 15.4 Å². The maximum absolute atomic E-state index is 13.7. The van der Waals surface area contributed by atoms with Crippen molar-refractivity contribution in [2.24, 2.45) is 4.99 Å². The SMILES string of the molecule is CCNC(=NCc1ccc(S(=O)(=O)NC2CC2)cc1)NCc1ccccc1F. The van der Waals surface area contributed by atoms with Gasteiger partial charge in [-0.2, -0.15) is 0 Å². The van der Waals surface area contributed by atoms with Crippen LogP contribution in [0.3, 0.4) is 0 Å². The van der Waals surface area contributed by atoms with Gasteiger partial charge in [-0.3, -0.25) is 0 Å². The van der Waals surface area contributed by atoms with Crippen molar-refractivity contribution in [3.05, 3.63) is 65.5 Å². The predicted molar refractivity (Wildman–Crippen MR) is 108 cm³/mol. The Balaban J connectivity index is 1.61. The average molecular weight is 405 g/mol. The van der Waals surface area contributed by atoms with Gasteiger partial charge in [-0.1, -0.05) is 30.3 Å². The molecule has 0 atom stereocenters. The van der Waals surface area contributed by atoms with Crippen molar-refractivity contribution in [1.29, 1.82) is 0 Å². The van der Waals surface area contributed by atoms with E-state index >= 15 is 0 Å². The van der Waals surface area contributed by atoms with E-state index < -0.39 is 10.0 Å². The molecule has 3 N–H and O–H groups in total. The first-order valence-corrected chi connectivity index (χ1v) is 10.8. The Morgan fingerprint density at radius 1 is 1.11 bits per heavy atom. The second-order valence-electron chi connectivity index (χ2n) is 6.68. The van der Waals surface area contributed by atoms with Crippen molar-refractivity contribution in [1.82, 2.24) is 15.4 Å². The zero-order chi connectivity index (χ0) is 20.0. The molecule has 8 heteroatoms. The van der Waals surface area contributed by atoms with Crippen molar-refractivity contribution in [3.8, 4) is 0 Å². The smallest absolute Gasteiger partial charge is 0.240 e. The molecule has 150 valence electrons. The van der Waals surface area contributed by atoms with Gasteiger partial charge in [-0.15, -0.1) is 0 Å². The largest absolute Gasteiger partial charge is 0.357 e. The highest BCUT2D eigenvalue weighted by Gasteiger charge is 2.27. The Kier molecular flexibility index (Phi) is 6.64. The molecule has 0 aliphatic heterocycles. The van der Waals surface area contributed by atoms with Crippen molar-refractivity contribution >= 4 is 16.0 Å². The highest BCUT2D eigenvalue weighted by molar-refractivity contribution is 7.89. The van der Waals surface area contributed by atoms with Crippen LogP contribution in [0.1, 0.15) is 30.9 Å². The summed E-state index contributed by atoms with van der Waals surface area (Å²) in [6.07, 6.45) is 1.80. The predicted octanol–water partition coefficient (Wildman–Crippen LogP) is 2.52. The Morgan fingerprint density at radius 3 is 2.46 bits per heavy atom. The molecule has 6 nitrogen and oxygen atoms in total. The van der Waals surface area contributed by atoms with E-state index in [0.717, 1.165) is 18.4 Å². The molecule has 0 spiro atoms. The first kappa shape index (κ1) is 20.3. The van der Waals surface area contributed by atoms with Gasteiger partial charge in [0.2, 0.25) is 10.0 Å². The zero-order valence-electron chi connectivity index (χ0n) is 15.8. The summed E-state index contributed by atoms with van der Waals surface area (Å²) in [5.41, 5.74) is 1.44. The third-order valence-electron chi connectivity index (χ3n) is 4.30. The van der Waals surface area contributed by atoms with E-state index in [-0.39, 0.29) is 16.8 Å². The Morgan fingerprint density at radius 2 is 1.82 bits per heavy atom. The highest BCUT2D eigenvalue weighted by Crippen LogP contribution is 2.22. The van der Waals surface area contributed by atoms with Crippen LogP contribution in [0.25, 0.3) is 0 Å². The molecule has 0 unspecified atom stereocenters. The number of nitrogens with zero attached hydrogens (tertiary/aromatic N) is 1. The number of hydrogen-bond donors (Lipinski definition) is 3. The lowest BCUT2D eigenvalue weighted by Crippen LogP contribution is -2.37. The van der Waals surface area contributed by atoms with E-state index in [2.05, 4.69) is 20.3 Å². The van der Waals surface area contributed by atoms with E-state index in [0.29, 0.717) is 31.2 Å². The van der Waals surface area contributed by atoms with Gasteiger partial charge in [0.1, 0.15) is 5.82 Å². The molecule has 2 aromatic carbocycles. The van der Waals surface area contributed by atoms with Gasteiger partial charge in [0.15, 0.2) is 5.96 Å². The van der Waals surface area contributed by atoms with Gasteiger partial charge in [0.05, 0.1) is 11.4 Å². The molecular weight excluding hydrogens is 379 g/mol. The third kappa shape index (κ3) is 5.77. The first-order chi connectivity index (χ1) is 13.5. The summed E-state index contributed by atoms with van der Waals surface area (Å²) in [7, 11) is -3.44. The molecule has 0 radical (unpaired) electrons. The van der Waals surface area contributed by atoms with E-state index in [4.69, 9.17) is 0 Å². The molecule has 0 heterocycles. The molecule has 28 heavy (non-hydrogen) atoms. The van der Waals surface area contributed by atoms with E-state index in [9.17, 15) is 12.8 Å². The van der Waals surface area contributed by atoms with Crippen LogP contribution in [0.4, 0.5) is 4.39 Å². The summed E-state index contributed by atoms with van der Waals surface area (Å²) in [5.74, 6) is 0.306. The molecule has 0 amide bonds. The van der Waals surface area contributed by atoms with E-state index in [1.807, 2.05) is 6.92 Å². The number of halogens is 1. The molecule has 0 saturated heterocycles. The highest BCUT2D eigenvalue weighted by atomic mass is 32.2. The van der Waals surface area contributed by atoms with Gasteiger partial charge in [-0.25, -0.2) is 22.5 Å². The fraction of sp³-hybridized carbons (Fsp3) is 0.350. The van der Waals surface area contributed by atoms with E-state index in [1.165, 1.54) is 6.07 Å². The summed E-state index contributed by atoms with van der Waals surface area (Å²) < 4.78 is 40.8. The van der Waals surface area contributed by atoms with Crippen molar-refractivity contribution in [2.45, 2.75) is 43.8 Å². The molecule has 0 bridgehead atoms. The van der Waals surface area contributed by atoms with Crippen LogP contribution >= 0.6 is 0 Å². The van der Waals surface area contributed by atoms with Crippen LogP contribution in [0.5, 0.6) is 0 Å². The Bertz CT molecular complexity index is 925. The van der Waals surface area contributed by atoms with Gasteiger partial charge < -0.3 is 10.6 Å². The van der Waals surface area contributed by atoms with Crippen LogP contribution in [0, 0.1) is 5.82 Å². The lowest BCUT2D eigenvalue weighted by Gasteiger charge is -2.12. The summed E-state index contributed by atoms with van der Waals surface area (Å²) in [5, 5.41) is 6.22. The molecule has 1 fully saturated rings. The van der Waals surface area contributed by atoms with Gasteiger partial charge in [-0.05, 0) is 43.5 Å². The molecular formula is C20H25FN4O2S. The van der Waals surface area contributed by atoms with Crippen molar-refractivity contribution < 1.29 is 12.8 Å². The van der Waals surface area contributed by atoms with Crippen molar-refractivity contribution in [2.75, 3.05) is 6.54 Å². The monoisotopic (exact) mass is 404 g/mol. The quantitative estimate of drug-likeness (QED) is 0.466. The maximum atomic E-state index is 13.7. The Hall–Kier alpha value is -2.45. The number of sulfonamides is 1. The minimum atomic E-state index is -3.44. The molecule has 2 aromatic rings. The van der Waals surface area contributed by atoms with Gasteiger partial charge in [0, 0.05) is 24.7 Å². The number of hydrogen-bond acceptors (Lipinski definition) is 3. The summed E-state index contributed by atoms with van der Waals surface area (Å²) >= 11 is 0.